The van der Waals surface area contributed by atoms with Crippen molar-refractivity contribution in [2.75, 3.05) is 32.2 Å². The predicted molar refractivity (Wildman–Crippen MR) is 129 cm³/mol. The van der Waals surface area contributed by atoms with Crippen LogP contribution in [-0.2, 0) is 14.8 Å². The monoisotopic (exact) mass is 483 g/mol. The van der Waals surface area contributed by atoms with E-state index in [2.05, 4.69) is 10.5 Å². The van der Waals surface area contributed by atoms with Crippen LogP contribution in [0.25, 0.3) is 0 Å². The van der Waals surface area contributed by atoms with Crippen LogP contribution in [0.4, 0.5) is 5.69 Å². The van der Waals surface area contributed by atoms with Gasteiger partial charge in [0.25, 0.3) is 15.9 Å². The minimum atomic E-state index is -4.07. The third-order valence-electron chi connectivity index (χ3n) is 4.78. The highest BCUT2D eigenvalue weighted by molar-refractivity contribution is 7.92. The van der Waals surface area contributed by atoms with Gasteiger partial charge >= 0.3 is 0 Å². The van der Waals surface area contributed by atoms with E-state index in [0.29, 0.717) is 22.8 Å². The fourth-order valence-electron chi connectivity index (χ4n) is 3.13. The number of sulfonamides is 1. The molecule has 0 saturated heterocycles. The maximum Gasteiger partial charge on any atom is 0.264 e. The zero-order valence-electron chi connectivity index (χ0n) is 19.0. The van der Waals surface area contributed by atoms with E-state index < -0.39 is 22.5 Å². The summed E-state index contributed by atoms with van der Waals surface area (Å²) in [7, 11) is 0.409. The lowest BCUT2D eigenvalue weighted by molar-refractivity contribution is -0.119. The van der Waals surface area contributed by atoms with Gasteiger partial charge in [-0.1, -0.05) is 30.3 Å². The summed E-state index contributed by atoms with van der Waals surface area (Å²) in [5, 5.41) is 3.94. The molecule has 0 aliphatic rings. The molecule has 10 heteroatoms. The van der Waals surface area contributed by atoms with E-state index >= 15 is 0 Å². The maximum absolute atomic E-state index is 13.4. The summed E-state index contributed by atoms with van der Waals surface area (Å²) < 4.78 is 43.5. The molecule has 1 N–H and O–H groups in total. The van der Waals surface area contributed by atoms with Crippen molar-refractivity contribution in [2.24, 2.45) is 5.10 Å². The number of ether oxygens (including phenoxy) is 3. The van der Waals surface area contributed by atoms with Crippen LogP contribution in [-0.4, -0.2) is 48.4 Å². The molecule has 9 nitrogen and oxygen atoms in total. The molecule has 0 atom stereocenters. The zero-order chi connectivity index (χ0) is 24.6. The number of hydrazone groups is 1. The van der Waals surface area contributed by atoms with E-state index in [0.717, 1.165) is 4.31 Å². The third kappa shape index (κ3) is 5.65. The minimum Gasteiger partial charge on any atom is -0.495 e. The van der Waals surface area contributed by atoms with Gasteiger partial charge in [0.15, 0.2) is 11.5 Å². The number of amides is 1. The lowest BCUT2D eigenvalue weighted by Crippen LogP contribution is -2.39. The van der Waals surface area contributed by atoms with Crippen LogP contribution in [0.15, 0.2) is 82.8 Å². The number of nitrogens with one attached hydrogen (secondary N) is 1. The number of carbonyl (C=O) groups is 1. The summed E-state index contributed by atoms with van der Waals surface area (Å²) in [5.74, 6) is 0.738. The van der Waals surface area contributed by atoms with E-state index in [4.69, 9.17) is 14.2 Å². The van der Waals surface area contributed by atoms with Crippen molar-refractivity contribution in [2.45, 2.75) is 4.90 Å². The van der Waals surface area contributed by atoms with Crippen LogP contribution in [0.3, 0.4) is 0 Å². The number of nitrogens with zero attached hydrogens (tertiary/aromatic N) is 2. The van der Waals surface area contributed by atoms with Crippen molar-refractivity contribution in [3.05, 3.63) is 78.4 Å². The Morgan fingerprint density at radius 2 is 1.53 bits per heavy atom. The van der Waals surface area contributed by atoms with Gasteiger partial charge in [0.05, 0.1) is 38.1 Å². The maximum atomic E-state index is 13.4. The largest absolute Gasteiger partial charge is 0.495 e. The molecule has 0 unspecified atom stereocenters. The van der Waals surface area contributed by atoms with Crippen LogP contribution in [0, 0.1) is 0 Å². The molecule has 0 spiro atoms. The fourth-order valence-corrected chi connectivity index (χ4v) is 4.59. The van der Waals surface area contributed by atoms with Gasteiger partial charge in [-0.2, -0.15) is 5.10 Å². The van der Waals surface area contributed by atoms with Crippen LogP contribution >= 0.6 is 0 Å². The molecule has 0 aliphatic heterocycles. The highest BCUT2D eigenvalue weighted by Gasteiger charge is 2.29. The summed E-state index contributed by atoms with van der Waals surface area (Å²) in [5.41, 5.74) is 3.25. The molecule has 0 heterocycles. The Morgan fingerprint density at radius 1 is 0.882 bits per heavy atom. The first-order valence-electron chi connectivity index (χ1n) is 10.2. The van der Waals surface area contributed by atoms with Gasteiger partial charge < -0.3 is 14.2 Å². The van der Waals surface area contributed by atoms with Gasteiger partial charge in [-0.05, 0) is 48.0 Å². The number of hydrogen-bond acceptors (Lipinski definition) is 7. The Hall–Kier alpha value is -4.05. The van der Waals surface area contributed by atoms with Crippen LogP contribution in [0.1, 0.15) is 5.56 Å². The summed E-state index contributed by atoms with van der Waals surface area (Å²) >= 11 is 0. The molecule has 3 aromatic carbocycles. The Balaban J connectivity index is 1.84. The smallest absolute Gasteiger partial charge is 0.264 e. The molecule has 3 aromatic rings. The predicted octanol–water partition coefficient (Wildman–Crippen LogP) is 3.06. The Labute approximate surface area is 198 Å². The zero-order valence-corrected chi connectivity index (χ0v) is 19.8. The lowest BCUT2D eigenvalue weighted by atomic mass is 10.2. The second kappa shape index (κ2) is 11.2. The van der Waals surface area contributed by atoms with Gasteiger partial charge in [0.1, 0.15) is 12.3 Å². The molecule has 1 amide bonds. The van der Waals surface area contributed by atoms with Crippen molar-refractivity contribution >= 4 is 27.8 Å². The summed E-state index contributed by atoms with van der Waals surface area (Å²) in [4.78, 5) is 12.7. The summed E-state index contributed by atoms with van der Waals surface area (Å²) in [6, 6.07) is 19.6. The molecule has 0 bridgehead atoms. The van der Waals surface area contributed by atoms with E-state index in [-0.39, 0.29) is 10.6 Å². The van der Waals surface area contributed by atoms with Gasteiger partial charge in [-0.25, -0.2) is 13.8 Å². The van der Waals surface area contributed by atoms with Gasteiger partial charge in [0.2, 0.25) is 0 Å². The summed E-state index contributed by atoms with van der Waals surface area (Å²) in [6.45, 7) is -0.513. The number of methoxy groups -OCH3 is 3. The van der Waals surface area contributed by atoms with Crippen molar-refractivity contribution in [1.29, 1.82) is 0 Å². The van der Waals surface area contributed by atoms with Crippen molar-refractivity contribution in [3.63, 3.8) is 0 Å². The number of rotatable bonds is 10. The van der Waals surface area contributed by atoms with Crippen LogP contribution in [0.5, 0.6) is 17.2 Å². The summed E-state index contributed by atoms with van der Waals surface area (Å²) in [6.07, 6.45) is 1.42. The topological polar surface area (TPSA) is 107 Å². The molecule has 0 radical (unpaired) electrons. The molecule has 0 fully saturated rings. The third-order valence-corrected chi connectivity index (χ3v) is 6.56. The quantitative estimate of drug-likeness (QED) is 0.351. The number of para-hydroxylation sites is 2. The SMILES string of the molecule is COc1ccc(/C=N\NC(=O)CN(c2ccccc2OC)S(=O)(=O)c2ccccc2)cc1OC. The average molecular weight is 484 g/mol. The number of hydrogen-bond donors (Lipinski definition) is 1. The second-order valence-corrected chi connectivity index (χ2v) is 8.77. The van der Waals surface area contributed by atoms with Gasteiger partial charge in [0, 0.05) is 0 Å². The van der Waals surface area contributed by atoms with Crippen molar-refractivity contribution < 1.29 is 27.4 Å². The first kappa shape index (κ1) is 24.6. The Bertz CT molecular complexity index is 1260. The number of anilines is 1. The normalized spacial score (nSPS) is 11.1. The molecule has 3 rings (SSSR count). The van der Waals surface area contributed by atoms with Crippen molar-refractivity contribution in [1.82, 2.24) is 5.43 Å². The first-order valence-corrected chi connectivity index (χ1v) is 11.6. The Morgan fingerprint density at radius 3 is 2.21 bits per heavy atom. The van der Waals surface area contributed by atoms with E-state index in [1.165, 1.54) is 39.7 Å². The fraction of sp³-hybridized carbons (Fsp3) is 0.167. The molecular formula is C24H25N3O6S. The Kier molecular flexibility index (Phi) is 8.10. The minimum absolute atomic E-state index is 0.0440. The molecule has 0 saturated carbocycles. The second-order valence-electron chi connectivity index (χ2n) is 6.90. The molecule has 0 aliphatic carbocycles. The van der Waals surface area contributed by atoms with Crippen LogP contribution < -0.4 is 23.9 Å². The lowest BCUT2D eigenvalue weighted by Gasteiger charge is -2.25. The highest BCUT2D eigenvalue weighted by Crippen LogP contribution is 2.32. The molecule has 178 valence electrons. The average Bonchev–Trinajstić information content (AvgIpc) is 2.87. The van der Waals surface area contributed by atoms with E-state index in [9.17, 15) is 13.2 Å². The number of carbonyl (C=O) groups excluding carboxylic acids is 1. The van der Waals surface area contributed by atoms with Gasteiger partial charge in [-0.3, -0.25) is 9.10 Å². The molecule has 34 heavy (non-hydrogen) atoms. The number of benzene rings is 3. The van der Waals surface area contributed by atoms with E-state index in [1.54, 1.807) is 60.7 Å². The van der Waals surface area contributed by atoms with Crippen LogP contribution in [0.2, 0.25) is 0 Å². The first-order chi connectivity index (χ1) is 16.4. The molecule has 0 aromatic heterocycles. The molecular weight excluding hydrogens is 458 g/mol. The van der Waals surface area contributed by atoms with Crippen molar-refractivity contribution in [3.8, 4) is 17.2 Å². The van der Waals surface area contributed by atoms with Gasteiger partial charge in [-0.15, -0.1) is 0 Å². The standard InChI is InChI=1S/C24H25N3O6S/c1-31-21-12-8-7-11-20(21)27(34(29,30)19-9-5-4-6-10-19)17-24(28)26-25-16-18-13-14-22(32-2)23(15-18)33-3/h4-16H,17H2,1-3H3,(H,26,28)/b25-16-. The highest BCUT2D eigenvalue weighted by atomic mass is 32.2. The van der Waals surface area contributed by atoms with E-state index in [1.807, 2.05) is 0 Å².